The summed E-state index contributed by atoms with van der Waals surface area (Å²) in [5.41, 5.74) is 3.69. The van der Waals surface area contributed by atoms with E-state index in [0.29, 0.717) is 17.0 Å². The molecule has 0 radical (unpaired) electrons. The Labute approximate surface area is 236 Å². The number of hydrogen-bond acceptors (Lipinski definition) is 5. The van der Waals surface area contributed by atoms with E-state index in [9.17, 15) is 23.9 Å². The molecule has 2 heterocycles. The van der Waals surface area contributed by atoms with E-state index >= 15 is 0 Å². The lowest BCUT2D eigenvalue weighted by Crippen LogP contribution is -2.52. The van der Waals surface area contributed by atoms with Crippen LogP contribution >= 0.6 is 0 Å². The highest BCUT2D eigenvalue weighted by Crippen LogP contribution is 2.36. The lowest BCUT2D eigenvalue weighted by atomic mass is 10.0. The van der Waals surface area contributed by atoms with Crippen molar-refractivity contribution in [3.8, 4) is 11.3 Å². The van der Waals surface area contributed by atoms with Crippen LogP contribution in [0.25, 0.3) is 11.3 Å². The molecular formula is C31H29FN4O5. The number of β-amino-alcohol motifs (C(OH)–C–C–N with tert-alkyl or cyclic N) is 1. The Morgan fingerprint density at radius 1 is 1.07 bits per heavy atom. The van der Waals surface area contributed by atoms with Gasteiger partial charge in [0.1, 0.15) is 23.8 Å². The lowest BCUT2D eigenvalue weighted by molar-refractivity contribution is -0.117. The molecule has 2 N–H and O–H groups in total. The average Bonchev–Trinajstić information content (AvgIpc) is 3.52. The Balaban J connectivity index is 1.30. The Hall–Kier alpha value is -4.96. The number of carbonyl (C=O) groups excluding carboxylic acids is 3. The maximum absolute atomic E-state index is 14.8. The summed E-state index contributed by atoms with van der Waals surface area (Å²) in [5.74, 6) is -0.635. The topological polar surface area (TPSA) is 106 Å². The molecule has 41 heavy (non-hydrogen) atoms. The largest absolute Gasteiger partial charge is 0.464 e. The van der Waals surface area contributed by atoms with E-state index in [1.807, 2.05) is 37.3 Å². The maximum atomic E-state index is 14.8. The number of furan rings is 1. The molecular weight excluding hydrogens is 527 g/mol. The number of aryl methyl sites for hydroxylation is 1. The van der Waals surface area contributed by atoms with Crippen LogP contribution in [-0.2, 0) is 11.3 Å². The zero-order valence-electron chi connectivity index (χ0n) is 22.6. The number of nitrogens with one attached hydrogen (secondary N) is 1. The van der Waals surface area contributed by atoms with E-state index in [4.69, 9.17) is 4.42 Å². The molecule has 0 saturated heterocycles. The predicted octanol–water partition coefficient (Wildman–Crippen LogP) is 4.73. The molecule has 10 heteroatoms. The van der Waals surface area contributed by atoms with Gasteiger partial charge in [0.05, 0.1) is 24.2 Å². The number of carbonyl (C=O) groups is 3. The fraction of sp³-hybridized carbons (Fsp3) is 0.194. The molecule has 210 valence electrons. The van der Waals surface area contributed by atoms with E-state index in [1.54, 1.807) is 42.5 Å². The van der Waals surface area contributed by atoms with Gasteiger partial charge in [-0.1, -0.05) is 24.3 Å². The highest BCUT2D eigenvalue weighted by Gasteiger charge is 2.34. The SMILES string of the molecule is Cc1cc(C(=O)N(C)c2ccccc2-c2ccco2)ccc1CNC(=O)N1CC(=O)N(CCO)c2cccc(F)c21. The summed E-state index contributed by atoms with van der Waals surface area (Å²) in [5, 5.41) is 12.1. The van der Waals surface area contributed by atoms with Gasteiger partial charge in [-0.15, -0.1) is 0 Å². The standard InChI is InChI=1S/C31H29FN4O5/c1-20-17-21(30(39)34(2)25-9-4-3-7-23(25)27-11-6-16-41-27)12-13-22(20)18-33-31(40)36-19-28(38)35(14-15-37)26-10-5-8-24(32)29(26)36/h3-13,16-17,37H,14-15,18-19H2,1-2H3,(H,33,40). The quantitative estimate of drug-likeness (QED) is 0.343. The molecule has 0 bridgehead atoms. The first kappa shape index (κ1) is 27.6. The van der Waals surface area contributed by atoms with E-state index in [-0.39, 0.29) is 43.5 Å². The van der Waals surface area contributed by atoms with Gasteiger partial charge in [-0.05, 0) is 66.6 Å². The smallest absolute Gasteiger partial charge is 0.322 e. The first-order chi connectivity index (χ1) is 19.8. The van der Waals surface area contributed by atoms with Gasteiger partial charge in [-0.3, -0.25) is 14.5 Å². The fourth-order valence-corrected chi connectivity index (χ4v) is 4.94. The second-order valence-corrected chi connectivity index (χ2v) is 9.62. The van der Waals surface area contributed by atoms with Gasteiger partial charge < -0.3 is 24.6 Å². The Morgan fingerprint density at radius 2 is 1.88 bits per heavy atom. The fourth-order valence-electron chi connectivity index (χ4n) is 4.94. The predicted molar refractivity (Wildman–Crippen MR) is 153 cm³/mol. The monoisotopic (exact) mass is 556 g/mol. The molecule has 1 aliphatic heterocycles. The Kier molecular flexibility index (Phi) is 7.84. The van der Waals surface area contributed by atoms with Gasteiger partial charge in [0.15, 0.2) is 0 Å². The normalized spacial score (nSPS) is 12.7. The number of rotatable bonds is 7. The second-order valence-electron chi connectivity index (χ2n) is 9.62. The molecule has 0 fully saturated rings. The number of para-hydroxylation sites is 2. The molecule has 4 amide bonds. The minimum atomic E-state index is -0.648. The van der Waals surface area contributed by atoms with Crippen LogP contribution in [0.3, 0.4) is 0 Å². The number of hydrogen-bond donors (Lipinski definition) is 2. The Bertz CT molecular complexity index is 1600. The van der Waals surface area contributed by atoms with Crippen LogP contribution < -0.4 is 20.0 Å². The first-order valence-corrected chi connectivity index (χ1v) is 13.1. The maximum Gasteiger partial charge on any atom is 0.322 e. The summed E-state index contributed by atoms with van der Waals surface area (Å²) in [4.78, 5) is 43.1. The molecule has 0 atom stereocenters. The van der Waals surface area contributed by atoms with Crippen molar-refractivity contribution in [2.75, 3.05) is 41.4 Å². The third-order valence-corrected chi connectivity index (χ3v) is 7.07. The third-order valence-electron chi connectivity index (χ3n) is 7.07. The van der Waals surface area contributed by atoms with Crippen LogP contribution in [0.2, 0.25) is 0 Å². The average molecular weight is 557 g/mol. The zero-order valence-corrected chi connectivity index (χ0v) is 22.6. The number of anilines is 3. The van der Waals surface area contributed by atoms with E-state index in [0.717, 1.165) is 21.6 Å². The number of aliphatic hydroxyl groups excluding tert-OH is 1. The van der Waals surface area contributed by atoms with Crippen molar-refractivity contribution in [3.63, 3.8) is 0 Å². The summed E-state index contributed by atoms with van der Waals surface area (Å²) < 4.78 is 20.3. The van der Waals surface area contributed by atoms with Crippen molar-refractivity contribution in [2.24, 2.45) is 0 Å². The van der Waals surface area contributed by atoms with Gasteiger partial charge >= 0.3 is 6.03 Å². The second kappa shape index (κ2) is 11.6. The van der Waals surface area contributed by atoms with Crippen molar-refractivity contribution in [2.45, 2.75) is 13.5 Å². The molecule has 4 aromatic rings. The highest BCUT2D eigenvalue weighted by molar-refractivity contribution is 6.11. The molecule has 3 aromatic carbocycles. The van der Waals surface area contributed by atoms with Crippen molar-refractivity contribution in [3.05, 3.63) is 102 Å². The van der Waals surface area contributed by atoms with Gasteiger partial charge in [0, 0.05) is 31.3 Å². The zero-order chi connectivity index (χ0) is 29.1. The summed E-state index contributed by atoms with van der Waals surface area (Å²) in [7, 11) is 1.70. The molecule has 1 aromatic heterocycles. The molecule has 0 saturated carbocycles. The Morgan fingerprint density at radius 3 is 2.61 bits per heavy atom. The number of halogens is 1. The number of amides is 4. The van der Waals surface area contributed by atoms with Gasteiger partial charge in [0.2, 0.25) is 5.91 Å². The van der Waals surface area contributed by atoms with Crippen LogP contribution in [0, 0.1) is 12.7 Å². The molecule has 9 nitrogen and oxygen atoms in total. The van der Waals surface area contributed by atoms with Gasteiger partial charge in [0.25, 0.3) is 5.91 Å². The van der Waals surface area contributed by atoms with Gasteiger partial charge in [-0.2, -0.15) is 0 Å². The number of benzene rings is 3. The summed E-state index contributed by atoms with van der Waals surface area (Å²) in [6, 6.07) is 19.9. The molecule has 0 aliphatic carbocycles. The van der Waals surface area contributed by atoms with Crippen molar-refractivity contribution in [1.82, 2.24) is 5.32 Å². The van der Waals surface area contributed by atoms with E-state index in [2.05, 4.69) is 5.32 Å². The highest BCUT2D eigenvalue weighted by atomic mass is 19.1. The first-order valence-electron chi connectivity index (χ1n) is 13.1. The van der Waals surface area contributed by atoms with Crippen LogP contribution in [0.15, 0.2) is 83.5 Å². The number of fused-ring (bicyclic) bond motifs is 1. The third kappa shape index (κ3) is 5.42. The van der Waals surface area contributed by atoms with Crippen molar-refractivity contribution in [1.29, 1.82) is 0 Å². The van der Waals surface area contributed by atoms with Crippen LogP contribution in [-0.4, -0.2) is 49.7 Å². The van der Waals surface area contributed by atoms with E-state index < -0.39 is 17.8 Å². The van der Waals surface area contributed by atoms with E-state index in [1.165, 1.54) is 23.1 Å². The van der Waals surface area contributed by atoms with Crippen LogP contribution in [0.1, 0.15) is 21.5 Å². The minimum Gasteiger partial charge on any atom is -0.464 e. The summed E-state index contributed by atoms with van der Waals surface area (Å²) >= 11 is 0. The number of nitrogens with zero attached hydrogens (tertiary/aromatic N) is 3. The van der Waals surface area contributed by atoms with Crippen LogP contribution in [0.5, 0.6) is 0 Å². The molecule has 5 rings (SSSR count). The van der Waals surface area contributed by atoms with Gasteiger partial charge in [-0.25, -0.2) is 9.18 Å². The van der Waals surface area contributed by atoms with Crippen molar-refractivity contribution < 1.29 is 28.3 Å². The number of urea groups is 1. The molecule has 0 spiro atoms. The van der Waals surface area contributed by atoms with Crippen molar-refractivity contribution >= 4 is 34.9 Å². The lowest BCUT2D eigenvalue weighted by Gasteiger charge is -2.36. The summed E-state index contributed by atoms with van der Waals surface area (Å²) in [6.07, 6.45) is 1.58. The summed E-state index contributed by atoms with van der Waals surface area (Å²) in [6.45, 7) is 1.28. The molecule has 0 unspecified atom stereocenters. The minimum absolute atomic E-state index is 0.00136. The van der Waals surface area contributed by atoms with Crippen LogP contribution in [0.4, 0.5) is 26.2 Å². The molecule has 1 aliphatic rings. The number of aliphatic hydroxyl groups is 1.